The second kappa shape index (κ2) is 6.40. The first kappa shape index (κ1) is 15.0. The number of hydrogen-bond donors (Lipinski definition) is 2. The van der Waals surface area contributed by atoms with E-state index in [9.17, 15) is 13.2 Å². The van der Waals surface area contributed by atoms with E-state index in [1.165, 1.54) is 17.2 Å². The molecule has 2 heterocycles. The molecule has 0 aliphatic carbocycles. The molecule has 20 heavy (non-hydrogen) atoms. The Morgan fingerprint density at radius 3 is 3.00 bits per heavy atom. The molecular weight excluding hydrogens is 300 g/mol. The van der Waals surface area contributed by atoms with Crippen LogP contribution in [0.2, 0.25) is 0 Å². The molecule has 1 aliphatic heterocycles. The first-order valence-corrected chi connectivity index (χ1v) is 8.84. The van der Waals surface area contributed by atoms with E-state index in [0.717, 1.165) is 5.82 Å². The fourth-order valence-electron chi connectivity index (χ4n) is 1.80. The molecule has 2 rings (SSSR count). The Morgan fingerprint density at radius 2 is 2.40 bits per heavy atom. The van der Waals surface area contributed by atoms with Gasteiger partial charge in [0.25, 0.3) is 0 Å². The Kier molecular flexibility index (Phi) is 4.81. The van der Waals surface area contributed by atoms with Crippen LogP contribution >= 0.6 is 11.8 Å². The third-order valence-electron chi connectivity index (χ3n) is 2.68. The largest absolute Gasteiger partial charge is 0.355 e. The summed E-state index contributed by atoms with van der Waals surface area (Å²) >= 11 is 1.45. The van der Waals surface area contributed by atoms with Crippen molar-refractivity contribution in [2.24, 2.45) is 5.92 Å². The maximum atomic E-state index is 11.6. The van der Waals surface area contributed by atoms with Gasteiger partial charge in [0.05, 0.1) is 5.75 Å². The highest BCUT2D eigenvalue weighted by molar-refractivity contribution is 7.99. The van der Waals surface area contributed by atoms with Crippen LogP contribution < -0.4 is 5.32 Å². The lowest BCUT2D eigenvalue weighted by Gasteiger charge is -2.07. The molecule has 1 aromatic heterocycles. The number of sulfone groups is 1. The van der Waals surface area contributed by atoms with Crippen LogP contribution in [0.3, 0.4) is 0 Å². The van der Waals surface area contributed by atoms with Gasteiger partial charge >= 0.3 is 0 Å². The molecule has 0 spiro atoms. The van der Waals surface area contributed by atoms with Crippen molar-refractivity contribution in [2.75, 3.05) is 18.1 Å². The zero-order chi connectivity index (χ0) is 14.6. The molecule has 1 unspecified atom stereocenters. The van der Waals surface area contributed by atoms with Crippen LogP contribution in [0.15, 0.2) is 16.6 Å². The summed E-state index contributed by atoms with van der Waals surface area (Å²) in [5, 5.41) is 11.3. The number of rotatable bonds is 6. The minimum atomic E-state index is -3.08. The smallest absolute Gasteiger partial charge is 0.220 e. The highest BCUT2D eigenvalue weighted by Gasteiger charge is 2.23. The molecule has 0 saturated carbocycles. The maximum Gasteiger partial charge on any atom is 0.220 e. The Hall–Kier alpha value is -1.35. The van der Waals surface area contributed by atoms with E-state index in [1.54, 1.807) is 6.08 Å². The zero-order valence-corrected chi connectivity index (χ0v) is 12.6. The highest BCUT2D eigenvalue weighted by Crippen LogP contribution is 2.18. The predicted octanol–water partition coefficient (Wildman–Crippen LogP) is 0.270. The van der Waals surface area contributed by atoms with Crippen molar-refractivity contribution >= 4 is 27.5 Å². The summed E-state index contributed by atoms with van der Waals surface area (Å²) < 4.78 is 22.4. The lowest BCUT2D eigenvalue weighted by molar-refractivity contribution is -0.121. The van der Waals surface area contributed by atoms with E-state index >= 15 is 0 Å². The Morgan fingerprint density at radius 1 is 1.60 bits per heavy atom. The molecule has 7 nitrogen and oxygen atoms in total. The van der Waals surface area contributed by atoms with Crippen molar-refractivity contribution in [1.82, 2.24) is 20.5 Å². The van der Waals surface area contributed by atoms with Crippen LogP contribution in [-0.4, -0.2) is 47.6 Å². The Balaban J connectivity index is 1.62. The summed E-state index contributed by atoms with van der Waals surface area (Å²) in [5.41, 5.74) is 0. The first-order chi connectivity index (χ1) is 9.44. The van der Waals surface area contributed by atoms with E-state index in [0.29, 0.717) is 17.5 Å². The van der Waals surface area contributed by atoms with E-state index < -0.39 is 9.84 Å². The predicted molar refractivity (Wildman–Crippen MR) is 75.9 cm³/mol. The molecule has 0 bridgehead atoms. The number of allylic oxidation sites excluding steroid dienone is 1. The van der Waals surface area contributed by atoms with Crippen molar-refractivity contribution in [1.29, 1.82) is 0 Å². The number of carbonyl (C=O) groups excluding carboxylic acids is 1. The van der Waals surface area contributed by atoms with Gasteiger partial charge in [-0.05, 0) is 6.92 Å². The number of nitrogens with one attached hydrogen (secondary N) is 2. The molecule has 0 saturated heterocycles. The summed E-state index contributed by atoms with van der Waals surface area (Å²) in [6, 6.07) is 0. The molecule has 2 N–H and O–H groups in total. The Labute approximate surface area is 121 Å². The number of aromatic amines is 1. The second-order valence-corrected chi connectivity index (χ2v) is 7.52. The fraction of sp³-hybridized carbons (Fsp3) is 0.545. The SMILES string of the molecule is Cc1nc(SCCNC(=O)CC2C=CS(=O)(=O)C2)n[nH]1. The van der Waals surface area contributed by atoms with Gasteiger partial charge in [0.2, 0.25) is 11.1 Å². The van der Waals surface area contributed by atoms with Crippen LogP contribution in [0.1, 0.15) is 12.2 Å². The van der Waals surface area contributed by atoms with Gasteiger partial charge in [-0.2, -0.15) is 0 Å². The van der Waals surface area contributed by atoms with Gasteiger partial charge in [0.1, 0.15) is 5.82 Å². The molecule has 1 aromatic rings. The molecule has 1 aliphatic rings. The fourth-order valence-corrected chi connectivity index (χ4v) is 3.89. The van der Waals surface area contributed by atoms with Gasteiger partial charge in [0, 0.05) is 30.0 Å². The molecule has 0 fully saturated rings. The average Bonchev–Trinajstić information content (AvgIpc) is 2.91. The van der Waals surface area contributed by atoms with Crippen LogP contribution in [0.4, 0.5) is 0 Å². The van der Waals surface area contributed by atoms with Crippen molar-refractivity contribution in [2.45, 2.75) is 18.5 Å². The van der Waals surface area contributed by atoms with Crippen molar-refractivity contribution < 1.29 is 13.2 Å². The van der Waals surface area contributed by atoms with Crippen molar-refractivity contribution in [3.63, 3.8) is 0 Å². The third kappa shape index (κ3) is 4.64. The van der Waals surface area contributed by atoms with Crippen LogP contribution in [0, 0.1) is 12.8 Å². The topological polar surface area (TPSA) is 105 Å². The number of amides is 1. The van der Waals surface area contributed by atoms with Gasteiger partial charge in [-0.1, -0.05) is 17.8 Å². The monoisotopic (exact) mass is 316 g/mol. The van der Waals surface area contributed by atoms with E-state index in [4.69, 9.17) is 0 Å². The highest BCUT2D eigenvalue weighted by atomic mass is 32.2. The lowest BCUT2D eigenvalue weighted by Crippen LogP contribution is -2.28. The average molecular weight is 316 g/mol. The number of H-pyrrole nitrogens is 1. The first-order valence-electron chi connectivity index (χ1n) is 6.14. The minimum Gasteiger partial charge on any atom is -0.355 e. The summed E-state index contributed by atoms with van der Waals surface area (Å²) in [6.07, 6.45) is 1.79. The normalized spacial score (nSPS) is 20.1. The number of hydrogen-bond acceptors (Lipinski definition) is 6. The standard InChI is InChI=1S/C11H16N4O3S2/c1-8-13-11(15-14-8)19-4-3-12-10(16)6-9-2-5-20(17,18)7-9/h2,5,9H,3-4,6-7H2,1H3,(H,12,16)(H,13,14,15). The molecule has 0 aromatic carbocycles. The molecular formula is C11H16N4O3S2. The number of carbonyl (C=O) groups is 1. The number of thioether (sulfide) groups is 1. The number of aryl methyl sites for hydroxylation is 1. The number of aromatic nitrogens is 3. The van der Waals surface area contributed by atoms with E-state index in [1.807, 2.05) is 6.92 Å². The van der Waals surface area contributed by atoms with Crippen LogP contribution in [0.25, 0.3) is 0 Å². The lowest BCUT2D eigenvalue weighted by atomic mass is 10.1. The van der Waals surface area contributed by atoms with Gasteiger partial charge < -0.3 is 5.32 Å². The quantitative estimate of drug-likeness (QED) is 0.576. The van der Waals surface area contributed by atoms with Crippen LogP contribution in [0.5, 0.6) is 0 Å². The van der Waals surface area contributed by atoms with Gasteiger partial charge in [-0.3, -0.25) is 9.89 Å². The number of nitrogens with zero attached hydrogens (tertiary/aromatic N) is 2. The van der Waals surface area contributed by atoms with Gasteiger partial charge in [-0.25, -0.2) is 13.4 Å². The van der Waals surface area contributed by atoms with Crippen LogP contribution in [-0.2, 0) is 14.6 Å². The molecule has 0 radical (unpaired) electrons. The van der Waals surface area contributed by atoms with Gasteiger partial charge in [0.15, 0.2) is 9.84 Å². The molecule has 110 valence electrons. The van der Waals surface area contributed by atoms with E-state index in [-0.39, 0.29) is 24.0 Å². The third-order valence-corrected chi connectivity index (χ3v) is 5.00. The Bertz CT molecular complexity index is 609. The summed E-state index contributed by atoms with van der Waals surface area (Å²) in [6.45, 7) is 2.32. The maximum absolute atomic E-state index is 11.6. The zero-order valence-electron chi connectivity index (χ0n) is 11.0. The molecule has 1 amide bonds. The summed E-state index contributed by atoms with van der Waals surface area (Å²) in [7, 11) is -3.08. The summed E-state index contributed by atoms with van der Waals surface area (Å²) in [5.74, 6) is 1.12. The summed E-state index contributed by atoms with van der Waals surface area (Å²) in [4.78, 5) is 15.8. The van der Waals surface area contributed by atoms with Crippen molar-refractivity contribution in [3.05, 3.63) is 17.3 Å². The van der Waals surface area contributed by atoms with Gasteiger partial charge in [-0.15, -0.1) is 5.10 Å². The van der Waals surface area contributed by atoms with E-state index in [2.05, 4.69) is 20.5 Å². The second-order valence-electron chi connectivity index (χ2n) is 4.52. The van der Waals surface area contributed by atoms with Crippen molar-refractivity contribution in [3.8, 4) is 0 Å². The minimum absolute atomic E-state index is 0.0334. The molecule has 1 atom stereocenters. The molecule has 9 heteroatoms.